The Morgan fingerprint density at radius 1 is 0.957 bits per heavy atom. The first-order valence-electron chi connectivity index (χ1n) is 7.29. The van der Waals surface area contributed by atoms with Gasteiger partial charge in [0.1, 0.15) is 5.75 Å². The summed E-state index contributed by atoms with van der Waals surface area (Å²) in [6.45, 7) is 0.834. The molecule has 0 radical (unpaired) electrons. The van der Waals surface area contributed by atoms with E-state index in [1.54, 1.807) is 43.5 Å². The highest BCUT2D eigenvalue weighted by atomic mass is 16.5. The van der Waals surface area contributed by atoms with Crippen LogP contribution in [0.4, 0.5) is 0 Å². The van der Waals surface area contributed by atoms with Crippen molar-refractivity contribution >= 4 is 11.7 Å². The zero-order valence-electron chi connectivity index (χ0n) is 13.0. The lowest BCUT2D eigenvalue weighted by atomic mass is 10.0. The molecule has 0 saturated carbocycles. The van der Waals surface area contributed by atoms with Gasteiger partial charge in [0.2, 0.25) is 0 Å². The second kappa shape index (κ2) is 8.70. The van der Waals surface area contributed by atoms with Crippen LogP contribution >= 0.6 is 0 Å². The number of ether oxygens (including phenoxy) is 2. The van der Waals surface area contributed by atoms with Gasteiger partial charge in [0.15, 0.2) is 12.4 Å². The number of benzene rings is 2. The predicted octanol–water partition coefficient (Wildman–Crippen LogP) is 2.06. The Labute approximate surface area is 135 Å². The molecule has 0 heterocycles. The van der Waals surface area contributed by atoms with E-state index in [0.717, 1.165) is 0 Å². The van der Waals surface area contributed by atoms with E-state index in [1.165, 1.54) is 0 Å². The second-order valence-electron chi connectivity index (χ2n) is 4.85. The molecule has 0 saturated heterocycles. The fourth-order valence-electron chi connectivity index (χ4n) is 1.95. The van der Waals surface area contributed by atoms with E-state index < -0.39 is 0 Å². The molecule has 0 aliphatic carbocycles. The molecule has 0 unspecified atom stereocenters. The fourth-order valence-corrected chi connectivity index (χ4v) is 1.95. The summed E-state index contributed by atoms with van der Waals surface area (Å²) in [5.41, 5.74) is 1.21. The van der Waals surface area contributed by atoms with Gasteiger partial charge in [0, 0.05) is 24.8 Å². The molecule has 0 atom stereocenters. The summed E-state index contributed by atoms with van der Waals surface area (Å²) in [7, 11) is 1.57. The van der Waals surface area contributed by atoms with Gasteiger partial charge in [-0.2, -0.15) is 0 Å². The van der Waals surface area contributed by atoms with Crippen molar-refractivity contribution in [1.29, 1.82) is 0 Å². The zero-order chi connectivity index (χ0) is 16.5. The summed E-state index contributed by atoms with van der Waals surface area (Å²) in [6.07, 6.45) is 0. The van der Waals surface area contributed by atoms with Gasteiger partial charge in [-0.05, 0) is 24.3 Å². The monoisotopic (exact) mass is 313 g/mol. The molecule has 1 N–H and O–H groups in total. The minimum Gasteiger partial charge on any atom is -0.484 e. The number of methoxy groups -OCH3 is 1. The van der Waals surface area contributed by atoms with Gasteiger partial charge < -0.3 is 14.8 Å². The Morgan fingerprint density at radius 3 is 2.26 bits per heavy atom. The predicted molar refractivity (Wildman–Crippen MR) is 86.7 cm³/mol. The fraction of sp³-hybridized carbons (Fsp3) is 0.222. The number of amides is 1. The minimum absolute atomic E-state index is 0.0468. The third-order valence-corrected chi connectivity index (χ3v) is 3.15. The molecule has 0 aliphatic rings. The van der Waals surface area contributed by atoms with Crippen molar-refractivity contribution in [2.45, 2.75) is 0 Å². The van der Waals surface area contributed by atoms with Crippen molar-refractivity contribution < 1.29 is 19.1 Å². The smallest absolute Gasteiger partial charge is 0.258 e. The molecular weight excluding hydrogens is 294 g/mol. The van der Waals surface area contributed by atoms with Crippen molar-refractivity contribution in [1.82, 2.24) is 5.32 Å². The molecule has 5 heteroatoms. The van der Waals surface area contributed by atoms with Gasteiger partial charge in [-0.15, -0.1) is 0 Å². The molecule has 120 valence electrons. The van der Waals surface area contributed by atoms with Crippen molar-refractivity contribution in [3.63, 3.8) is 0 Å². The molecule has 2 aromatic carbocycles. The summed E-state index contributed by atoms with van der Waals surface area (Å²) in [4.78, 5) is 23.8. The summed E-state index contributed by atoms with van der Waals surface area (Å²) in [5, 5.41) is 2.66. The van der Waals surface area contributed by atoms with E-state index >= 15 is 0 Å². The van der Waals surface area contributed by atoms with Crippen LogP contribution in [0.1, 0.15) is 15.9 Å². The first-order valence-corrected chi connectivity index (χ1v) is 7.29. The highest BCUT2D eigenvalue weighted by Crippen LogP contribution is 2.15. The summed E-state index contributed by atoms with van der Waals surface area (Å²) in [6, 6.07) is 15.8. The number of carbonyl (C=O) groups is 2. The maximum absolute atomic E-state index is 12.3. The molecule has 23 heavy (non-hydrogen) atoms. The van der Waals surface area contributed by atoms with Crippen LogP contribution in [0.5, 0.6) is 5.75 Å². The van der Waals surface area contributed by atoms with Gasteiger partial charge in [0.25, 0.3) is 5.91 Å². The molecule has 0 bridgehead atoms. The van der Waals surface area contributed by atoms with Gasteiger partial charge in [-0.3, -0.25) is 9.59 Å². The maximum Gasteiger partial charge on any atom is 0.258 e. The Balaban J connectivity index is 1.87. The molecule has 0 spiro atoms. The molecule has 2 rings (SSSR count). The number of ketones is 1. The second-order valence-corrected chi connectivity index (χ2v) is 4.85. The molecule has 2 aromatic rings. The zero-order valence-corrected chi connectivity index (χ0v) is 13.0. The van der Waals surface area contributed by atoms with E-state index in [1.807, 2.05) is 18.2 Å². The van der Waals surface area contributed by atoms with Crippen LogP contribution in [-0.4, -0.2) is 38.6 Å². The van der Waals surface area contributed by atoms with E-state index in [0.29, 0.717) is 30.0 Å². The quantitative estimate of drug-likeness (QED) is 0.598. The van der Waals surface area contributed by atoms with E-state index in [2.05, 4.69) is 5.32 Å². The largest absolute Gasteiger partial charge is 0.484 e. The van der Waals surface area contributed by atoms with Crippen LogP contribution < -0.4 is 10.1 Å². The van der Waals surface area contributed by atoms with Gasteiger partial charge >= 0.3 is 0 Å². The van der Waals surface area contributed by atoms with Crippen LogP contribution in [0, 0.1) is 0 Å². The molecule has 1 amide bonds. The highest BCUT2D eigenvalue weighted by Gasteiger charge is 2.08. The maximum atomic E-state index is 12.3. The third kappa shape index (κ3) is 5.23. The lowest BCUT2D eigenvalue weighted by molar-refractivity contribution is -0.123. The first kappa shape index (κ1) is 16.7. The molecule has 0 aliphatic heterocycles. The average molecular weight is 313 g/mol. The molecule has 0 aromatic heterocycles. The van der Waals surface area contributed by atoms with Gasteiger partial charge in [0.05, 0.1) is 6.61 Å². The Kier molecular flexibility index (Phi) is 6.32. The molecule has 0 fully saturated rings. The number of hydrogen-bond donors (Lipinski definition) is 1. The standard InChI is InChI=1S/C18H19NO4/c1-22-12-11-19-17(20)13-23-16-9-7-15(8-10-16)18(21)14-5-3-2-4-6-14/h2-10H,11-13H2,1H3,(H,19,20). The first-order chi connectivity index (χ1) is 11.2. The Hall–Kier alpha value is -2.66. The Morgan fingerprint density at radius 2 is 1.61 bits per heavy atom. The topological polar surface area (TPSA) is 64.6 Å². The molecular formula is C18H19NO4. The summed E-state index contributed by atoms with van der Waals surface area (Å²) in [5.74, 6) is 0.275. The van der Waals surface area contributed by atoms with Crippen molar-refractivity contribution in [3.05, 3.63) is 65.7 Å². The van der Waals surface area contributed by atoms with Crippen LogP contribution in [-0.2, 0) is 9.53 Å². The van der Waals surface area contributed by atoms with Gasteiger partial charge in [-0.25, -0.2) is 0 Å². The van der Waals surface area contributed by atoms with Crippen LogP contribution in [0.3, 0.4) is 0 Å². The van der Waals surface area contributed by atoms with Gasteiger partial charge in [-0.1, -0.05) is 30.3 Å². The number of carbonyl (C=O) groups excluding carboxylic acids is 2. The lowest BCUT2D eigenvalue weighted by Crippen LogP contribution is -2.31. The summed E-state index contributed by atoms with van der Waals surface area (Å²) < 4.78 is 10.2. The van der Waals surface area contributed by atoms with E-state index in [9.17, 15) is 9.59 Å². The highest BCUT2D eigenvalue weighted by molar-refractivity contribution is 6.08. The SMILES string of the molecule is COCCNC(=O)COc1ccc(C(=O)c2ccccc2)cc1. The average Bonchev–Trinajstić information content (AvgIpc) is 2.61. The Bertz CT molecular complexity index is 638. The van der Waals surface area contributed by atoms with Crippen LogP contribution in [0.15, 0.2) is 54.6 Å². The van der Waals surface area contributed by atoms with Crippen LogP contribution in [0.25, 0.3) is 0 Å². The van der Waals surface area contributed by atoms with Crippen molar-refractivity contribution in [2.75, 3.05) is 26.9 Å². The van der Waals surface area contributed by atoms with Crippen molar-refractivity contribution in [2.24, 2.45) is 0 Å². The molecule has 5 nitrogen and oxygen atoms in total. The number of nitrogens with one attached hydrogen (secondary N) is 1. The van der Waals surface area contributed by atoms with E-state index in [-0.39, 0.29) is 18.3 Å². The third-order valence-electron chi connectivity index (χ3n) is 3.15. The van der Waals surface area contributed by atoms with Crippen molar-refractivity contribution in [3.8, 4) is 5.75 Å². The van der Waals surface area contributed by atoms with E-state index in [4.69, 9.17) is 9.47 Å². The number of hydrogen-bond acceptors (Lipinski definition) is 4. The minimum atomic E-state index is -0.216. The lowest BCUT2D eigenvalue weighted by Gasteiger charge is -2.08. The number of rotatable bonds is 8. The van der Waals surface area contributed by atoms with Crippen LogP contribution in [0.2, 0.25) is 0 Å². The normalized spacial score (nSPS) is 10.1. The summed E-state index contributed by atoms with van der Waals surface area (Å²) >= 11 is 0.